The molecule has 5 nitrogen and oxygen atoms in total. The molecular weight excluding hydrogens is 300 g/mol. The maximum Gasteiger partial charge on any atom is 0.255 e. The van der Waals surface area contributed by atoms with Crippen molar-refractivity contribution in [3.05, 3.63) is 46.2 Å². The van der Waals surface area contributed by atoms with Gasteiger partial charge in [-0.15, -0.1) is 11.3 Å². The Bertz CT molecular complexity index is 653. The van der Waals surface area contributed by atoms with E-state index in [1.807, 2.05) is 17.5 Å². The molecule has 0 aliphatic heterocycles. The van der Waals surface area contributed by atoms with Crippen molar-refractivity contribution in [1.82, 2.24) is 5.32 Å². The number of nitrogens with one attached hydrogen (secondary N) is 2. The van der Waals surface area contributed by atoms with Gasteiger partial charge < -0.3 is 15.4 Å². The Morgan fingerprint density at radius 3 is 2.73 bits per heavy atom. The zero-order chi connectivity index (χ0) is 15.9. The Kier molecular flexibility index (Phi) is 5.55. The van der Waals surface area contributed by atoms with Gasteiger partial charge in [0.05, 0.1) is 12.7 Å². The summed E-state index contributed by atoms with van der Waals surface area (Å²) in [7, 11) is 1.51. The molecule has 0 bridgehead atoms. The van der Waals surface area contributed by atoms with E-state index in [0.29, 0.717) is 23.5 Å². The van der Waals surface area contributed by atoms with E-state index in [1.165, 1.54) is 18.9 Å². The maximum absolute atomic E-state index is 12.3. The lowest BCUT2D eigenvalue weighted by atomic mass is 10.1. The van der Waals surface area contributed by atoms with Crippen molar-refractivity contribution < 1.29 is 14.3 Å². The van der Waals surface area contributed by atoms with Gasteiger partial charge in [-0.1, -0.05) is 6.07 Å². The molecule has 0 saturated heterocycles. The SMILES string of the molecule is COc1ccc(NC(C)=O)cc1C(=O)NCCc1cccs1. The average Bonchev–Trinajstić information content (AvgIpc) is 2.99. The van der Waals surface area contributed by atoms with Crippen molar-refractivity contribution in [2.75, 3.05) is 19.0 Å². The highest BCUT2D eigenvalue weighted by Crippen LogP contribution is 2.22. The van der Waals surface area contributed by atoms with E-state index in [0.717, 1.165) is 6.42 Å². The molecule has 6 heteroatoms. The van der Waals surface area contributed by atoms with Crippen LogP contribution in [0.3, 0.4) is 0 Å². The van der Waals surface area contributed by atoms with Gasteiger partial charge >= 0.3 is 0 Å². The fraction of sp³-hybridized carbons (Fsp3) is 0.250. The quantitative estimate of drug-likeness (QED) is 0.860. The molecule has 1 heterocycles. The lowest BCUT2D eigenvalue weighted by molar-refractivity contribution is -0.114. The Morgan fingerprint density at radius 2 is 2.09 bits per heavy atom. The first-order chi connectivity index (χ1) is 10.6. The van der Waals surface area contributed by atoms with Crippen molar-refractivity contribution in [2.24, 2.45) is 0 Å². The number of amides is 2. The summed E-state index contributed by atoms with van der Waals surface area (Å²) in [6, 6.07) is 9.00. The highest BCUT2D eigenvalue weighted by molar-refractivity contribution is 7.09. The van der Waals surface area contributed by atoms with E-state index in [2.05, 4.69) is 10.6 Å². The molecule has 116 valence electrons. The molecule has 1 aromatic heterocycles. The Hall–Kier alpha value is -2.34. The molecule has 2 N–H and O–H groups in total. The van der Waals surface area contributed by atoms with Crippen molar-refractivity contribution >= 4 is 28.8 Å². The third-order valence-electron chi connectivity index (χ3n) is 3.00. The van der Waals surface area contributed by atoms with E-state index in [1.54, 1.807) is 29.5 Å². The number of anilines is 1. The van der Waals surface area contributed by atoms with Crippen LogP contribution >= 0.6 is 11.3 Å². The predicted molar refractivity (Wildman–Crippen MR) is 87.7 cm³/mol. The topological polar surface area (TPSA) is 67.4 Å². The number of methoxy groups -OCH3 is 1. The Balaban J connectivity index is 2.04. The summed E-state index contributed by atoms with van der Waals surface area (Å²) in [6.07, 6.45) is 0.789. The predicted octanol–water partition coefficient (Wildman–Crippen LogP) is 2.69. The standard InChI is InChI=1S/C16H18N2O3S/c1-11(19)18-12-5-6-15(21-2)14(10-12)16(20)17-8-7-13-4-3-9-22-13/h3-6,9-10H,7-8H2,1-2H3,(H,17,20)(H,18,19). The monoisotopic (exact) mass is 318 g/mol. The molecular formula is C16H18N2O3S. The van der Waals surface area contributed by atoms with Gasteiger partial charge in [0.15, 0.2) is 0 Å². The number of ether oxygens (including phenoxy) is 1. The van der Waals surface area contributed by atoms with E-state index >= 15 is 0 Å². The van der Waals surface area contributed by atoms with Crippen LogP contribution in [0, 0.1) is 0 Å². The van der Waals surface area contributed by atoms with Gasteiger partial charge in [0, 0.05) is 24.0 Å². The van der Waals surface area contributed by atoms with Gasteiger partial charge in [0.2, 0.25) is 5.91 Å². The Morgan fingerprint density at radius 1 is 1.27 bits per heavy atom. The molecule has 0 fully saturated rings. The zero-order valence-electron chi connectivity index (χ0n) is 12.5. The Labute approximate surface area is 133 Å². The van der Waals surface area contributed by atoms with E-state index in [4.69, 9.17) is 4.74 Å². The van der Waals surface area contributed by atoms with E-state index in [-0.39, 0.29) is 11.8 Å². The summed E-state index contributed by atoms with van der Waals surface area (Å²) in [5, 5.41) is 7.54. The van der Waals surface area contributed by atoms with Gasteiger partial charge in [0.1, 0.15) is 5.75 Å². The normalized spacial score (nSPS) is 10.1. The highest BCUT2D eigenvalue weighted by atomic mass is 32.1. The van der Waals surface area contributed by atoms with Crippen LogP contribution in [0.1, 0.15) is 22.2 Å². The van der Waals surface area contributed by atoms with Gasteiger partial charge in [-0.05, 0) is 36.1 Å². The molecule has 0 aliphatic carbocycles. The van der Waals surface area contributed by atoms with Crippen LogP contribution in [-0.4, -0.2) is 25.5 Å². The van der Waals surface area contributed by atoms with Crippen LogP contribution in [0.15, 0.2) is 35.7 Å². The van der Waals surface area contributed by atoms with Crippen molar-refractivity contribution in [2.45, 2.75) is 13.3 Å². The highest BCUT2D eigenvalue weighted by Gasteiger charge is 2.13. The summed E-state index contributed by atoms with van der Waals surface area (Å²) in [5.74, 6) is 0.0672. The number of hydrogen-bond acceptors (Lipinski definition) is 4. The lowest BCUT2D eigenvalue weighted by Gasteiger charge is -2.11. The van der Waals surface area contributed by atoms with Gasteiger partial charge in [-0.2, -0.15) is 0 Å². The average molecular weight is 318 g/mol. The third-order valence-corrected chi connectivity index (χ3v) is 3.94. The second-order valence-electron chi connectivity index (χ2n) is 4.68. The fourth-order valence-electron chi connectivity index (χ4n) is 2.02. The van der Waals surface area contributed by atoms with Crippen LogP contribution in [0.2, 0.25) is 0 Å². The summed E-state index contributed by atoms with van der Waals surface area (Å²) >= 11 is 1.66. The number of carbonyl (C=O) groups is 2. The lowest BCUT2D eigenvalue weighted by Crippen LogP contribution is -2.26. The molecule has 2 aromatic rings. The number of thiophene rings is 1. The summed E-state index contributed by atoms with van der Waals surface area (Å²) < 4.78 is 5.21. The molecule has 0 aliphatic rings. The summed E-state index contributed by atoms with van der Waals surface area (Å²) in [6.45, 7) is 1.97. The van der Waals surface area contributed by atoms with E-state index in [9.17, 15) is 9.59 Å². The summed E-state index contributed by atoms with van der Waals surface area (Å²) in [5.41, 5.74) is 0.969. The first-order valence-corrected chi connectivity index (χ1v) is 7.74. The first kappa shape index (κ1) is 16.0. The van der Waals surface area contributed by atoms with Crippen molar-refractivity contribution in [3.8, 4) is 5.75 Å². The maximum atomic E-state index is 12.3. The smallest absolute Gasteiger partial charge is 0.255 e. The molecule has 1 aromatic carbocycles. The molecule has 0 saturated carbocycles. The molecule has 2 rings (SSSR count). The minimum Gasteiger partial charge on any atom is -0.496 e. The molecule has 0 unspecified atom stereocenters. The van der Waals surface area contributed by atoms with Crippen molar-refractivity contribution in [1.29, 1.82) is 0 Å². The molecule has 0 atom stereocenters. The molecule has 0 radical (unpaired) electrons. The van der Waals surface area contributed by atoms with Gasteiger partial charge in [-0.25, -0.2) is 0 Å². The van der Waals surface area contributed by atoms with Crippen LogP contribution < -0.4 is 15.4 Å². The van der Waals surface area contributed by atoms with Crippen LogP contribution in [0.4, 0.5) is 5.69 Å². The third kappa shape index (κ3) is 4.33. The van der Waals surface area contributed by atoms with Crippen molar-refractivity contribution in [3.63, 3.8) is 0 Å². The van der Waals surface area contributed by atoms with Crippen LogP contribution in [-0.2, 0) is 11.2 Å². The number of rotatable bonds is 6. The molecule has 2 amide bonds. The fourth-order valence-corrected chi connectivity index (χ4v) is 2.72. The number of hydrogen-bond donors (Lipinski definition) is 2. The largest absolute Gasteiger partial charge is 0.496 e. The first-order valence-electron chi connectivity index (χ1n) is 6.86. The number of carbonyl (C=O) groups excluding carboxylic acids is 2. The summed E-state index contributed by atoms with van der Waals surface area (Å²) in [4.78, 5) is 24.6. The van der Waals surface area contributed by atoms with Gasteiger partial charge in [0.25, 0.3) is 5.91 Å². The van der Waals surface area contributed by atoms with E-state index < -0.39 is 0 Å². The zero-order valence-corrected chi connectivity index (χ0v) is 13.3. The molecule has 22 heavy (non-hydrogen) atoms. The minimum atomic E-state index is -0.222. The number of benzene rings is 1. The van der Waals surface area contributed by atoms with Crippen LogP contribution in [0.5, 0.6) is 5.75 Å². The second kappa shape index (κ2) is 7.61. The second-order valence-corrected chi connectivity index (χ2v) is 5.71. The van der Waals surface area contributed by atoms with Gasteiger partial charge in [-0.3, -0.25) is 9.59 Å². The molecule has 0 spiro atoms. The van der Waals surface area contributed by atoms with Crippen LogP contribution in [0.25, 0.3) is 0 Å². The minimum absolute atomic E-state index is 0.186.